The lowest BCUT2D eigenvalue weighted by atomic mass is 10.1. The van der Waals surface area contributed by atoms with Gasteiger partial charge in [0.2, 0.25) is 0 Å². The van der Waals surface area contributed by atoms with Crippen LogP contribution in [0, 0.1) is 5.82 Å². The Morgan fingerprint density at radius 3 is 2.32 bits per heavy atom. The quantitative estimate of drug-likeness (QED) is 0.556. The summed E-state index contributed by atoms with van der Waals surface area (Å²) in [6.07, 6.45) is 0. The number of fused-ring (bicyclic) bond motifs is 1. The van der Waals surface area contributed by atoms with Gasteiger partial charge < -0.3 is 4.42 Å². The molecule has 28 heavy (non-hydrogen) atoms. The van der Waals surface area contributed by atoms with E-state index >= 15 is 0 Å². The molecule has 0 amide bonds. The molecule has 1 N–H and O–H groups in total. The molecular formula is C21H14FNO4S. The van der Waals surface area contributed by atoms with Crippen LogP contribution in [0.25, 0.3) is 22.3 Å². The summed E-state index contributed by atoms with van der Waals surface area (Å²) >= 11 is 0. The first-order valence-electron chi connectivity index (χ1n) is 8.35. The molecule has 1 aromatic heterocycles. The third-order valence-electron chi connectivity index (χ3n) is 4.17. The lowest BCUT2D eigenvalue weighted by Crippen LogP contribution is -2.13. The molecule has 4 aromatic rings. The normalized spacial score (nSPS) is 11.5. The number of hydrogen-bond acceptors (Lipinski definition) is 4. The standard InChI is InChI=1S/C21H14FNO4S/c22-18-9-5-4-8-16(18)21-13-19(24)17-12-14(10-11-20(17)27-21)23-28(25,26)15-6-2-1-3-7-15/h1-13,23H. The van der Waals surface area contributed by atoms with Crippen LogP contribution in [0.3, 0.4) is 0 Å². The van der Waals surface area contributed by atoms with Crippen molar-refractivity contribution in [2.45, 2.75) is 4.90 Å². The molecule has 0 aliphatic rings. The van der Waals surface area contributed by atoms with Gasteiger partial charge in [-0.05, 0) is 42.5 Å². The van der Waals surface area contributed by atoms with Gasteiger partial charge in [0.15, 0.2) is 5.43 Å². The second-order valence-corrected chi connectivity index (χ2v) is 7.77. The van der Waals surface area contributed by atoms with E-state index in [2.05, 4.69) is 4.72 Å². The highest BCUT2D eigenvalue weighted by molar-refractivity contribution is 7.92. The predicted molar refractivity (Wildman–Crippen MR) is 105 cm³/mol. The molecule has 3 aromatic carbocycles. The van der Waals surface area contributed by atoms with E-state index in [-0.39, 0.29) is 32.9 Å². The average molecular weight is 395 g/mol. The number of sulfonamides is 1. The van der Waals surface area contributed by atoms with E-state index in [0.29, 0.717) is 0 Å². The van der Waals surface area contributed by atoms with Gasteiger partial charge in [0.25, 0.3) is 10.0 Å². The van der Waals surface area contributed by atoms with E-state index in [0.717, 1.165) is 0 Å². The molecule has 0 unspecified atom stereocenters. The van der Waals surface area contributed by atoms with Crippen molar-refractivity contribution in [3.63, 3.8) is 0 Å². The van der Waals surface area contributed by atoms with Crippen molar-refractivity contribution < 1.29 is 17.2 Å². The summed E-state index contributed by atoms with van der Waals surface area (Å²) in [5.74, 6) is -0.398. The highest BCUT2D eigenvalue weighted by Crippen LogP contribution is 2.26. The molecular weight excluding hydrogens is 381 g/mol. The highest BCUT2D eigenvalue weighted by atomic mass is 32.2. The zero-order valence-electron chi connectivity index (χ0n) is 14.4. The fourth-order valence-electron chi connectivity index (χ4n) is 2.83. The molecule has 0 aliphatic heterocycles. The van der Waals surface area contributed by atoms with Crippen molar-refractivity contribution in [2.24, 2.45) is 0 Å². The highest BCUT2D eigenvalue weighted by Gasteiger charge is 2.15. The molecule has 140 valence electrons. The Morgan fingerprint density at radius 1 is 0.857 bits per heavy atom. The van der Waals surface area contributed by atoms with E-state index in [1.54, 1.807) is 30.3 Å². The maximum Gasteiger partial charge on any atom is 0.261 e. The smallest absolute Gasteiger partial charge is 0.261 e. The molecule has 0 aliphatic carbocycles. The van der Waals surface area contributed by atoms with Crippen LogP contribution < -0.4 is 10.2 Å². The summed E-state index contributed by atoms with van der Waals surface area (Å²) < 4.78 is 47.0. The summed E-state index contributed by atoms with van der Waals surface area (Å²) in [6, 6.07) is 19.4. The van der Waals surface area contributed by atoms with Crippen molar-refractivity contribution in [1.82, 2.24) is 0 Å². The van der Waals surface area contributed by atoms with Gasteiger partial charge in [-0.25, -0.2) is 12.8 Å². The summed E-state index contributed by atoms with van der Waals surface area (Å²) in [5.41, 5.74) is 0.228. The van der Waals surface area contributed by atoms with E-state index in [1.807, 2.05) is 0 Å². The van der Waals surface area contributed by atoms with E-state index < -0.39 is 21.3 Å². The first-order valence-corrected chi connectivity index (χ1v) is 9.83. The van der Waals surface area contributed by atoms with Gasteiger partial charge in [0.05, 0.1) is 15.8 Å². The summed E-state index contributed by atoms with van der Waals surface area (Å²) in [5, 5.41) is 0.188. The Balaban J connectivity index is 1.75. The van der Waals surface area contributed by atoms with Crippen LogP contribution in [0.1, 0.15) is 0 Å². The first-order chi connectivity index (χ1) is 13.4. The molecule has 4 rings (SSSR count). The largest absolute Gasteiger partial charge is 0.456 e. The minimum absolute atomic E-state index is 0.105. The zero-order chi connectivity index (χ0) is 19.7. The molecule has 0 radical (unpaired) electrons. The van der Waals surface area contributed by atoms with Crippen molar-refractivity contribution in [3.05, 3.63) is 94.9 Å². The molecule has 5 nitrogen and oxygen atoms in total. The van der Waals surface area contributed by atoms with Gasteiger partial charge in [-0.1, -0.05) is 30.3 Å². The predicted octanol–water partition coefficient (Wildman–Crippen LogP) is 4.40. The Kier molecular flexibility index (Phi) is 4.44. The lowest BCUT2D eigenvalue weighted by molar-refractivity contribution is 0.594. The number of benzene rings is 3. The van der Waals surface area contributed by atoms with Gasteiger partial charge in [-0.3, -0.25) is 9.52 Å². The Morgan fingerprint density at radius 2 is 1.57 bits per heavy atom. The van der Waals surface area contributed by atoms with Crippen LogP contribution >= 0.6 is 0 Å². The summed E-state index contributed by atoms with van der Waals surface area (Å²) in [6.45, 7) is 0. The number of anilines is 1. The van der Waals surface area contributed by atoms with Gasteiger partial charge in [0, 0.05) is 11.8 Å². The van der Waals surface area contributed by atoms with Gasteiger partial charge in [-0.15, -0.1) is 0 Å². The Hall–Kier alpha value is -3.45. The van der Waals surface area contributed by atoms with Crippen LogP contribution in [0.5, 0.6) is 0 Å². The second-order valence-electron chi connectivity index (χ2n) is 6.08. The van der Waals surface area contributed by atoms with Gasteiger partial charge >= 0.3 is 0 Å². The van der Waals surface area contributed by atoms with Crippen molar-refractivity contribution in [1.29, 1.82) is 0 Å². The van der Waals surface area contributed by atoms with E-state index in [1.165, 1.54) is 48.5 Å². The Bertz CT molecular complexity index is 1330. The van der Waals surface area contributed by atoms with Crippen LogP contribution in [-0.2, 0) is 10.0 Å². The zero-order valence-corrected chi connectivity index (χ0v) is 15.2. The summed E-state index contributed by atoms with van der Waals surface area (Å²) in [7, 11) is -3.78. The van der Waals surface area contributed by atoms with Gasteiger partial charge in [0.1, 0.15) is 17.2 Å². The molecule has 0 saturated carbocycles. The number of halogens is 1. The van der Waals surface area contributed by atoms with Crippen LogP contribution in [-0.4, -0.2) is 8.42 Å². The molecule has 0 spiro atoms. The van der Waals surface area contributed by atoms with Crippen LogP contribution in [0.2, 0.25) is 0 Å². The SMILES string of the molecule is O=c1cc(-c2ccccc2F)oc2ccc(NS(=O)(=O)c3ccccc3)cc12. The lowest BCUT2D eigenvalue weighted by Gasteiger charge is -2.09. The molecule has 0 atom stereocenters. The molecule has 0 bridgehead atoms. The fraction of sp³-hybridized carbons (Fsp3) is 0. The fourth-order valence-corrected chi connectivity index (χ4v) is 3.90. The van der Waals surface area contributed by atoms with Crippen molar-refractivity contribution in [3.8, 4) is 11.3 Å². The average Bonchev–Trinajstić information content (AvgIpc) is 2.69. The third kappa shape index (κ3) is 3.39. The maximum atomic E-state index is 14.0. The number of rotatable bonds is 4. The van der Waals surface area contributed by atoms with Crippen LogP contribution in [0.4, 0.5) is 10.1 Å². The molecule has 7 heteroatoms. The summed E-state index contributed by atoms with van der Waals surface area (Å²) in [4.78, 5) is 12.6. The Labute approximate surface area is 160 Å². The van der Waals surface area contributed by atoms with Gasteiger partial charge in [-0.2, -0.15) is 0 Å². The van der Waals surface area contributed by atoms with Crippen molar-refractivity contribution >= 4 is 26.7 Å². The molecule has 0 saturated heterocycles. The number of hydrogen-bond donors (Lipinski definition) is 1. The molecule has 1 heterocycles. The maximum absolute atomic E-state index is 14.0. The van der Waals surface area contributed by atoms with Crippen LogP contribution in [0.15, 0.2) is 93.0 Å². The topological polar surface area (TPSA) is 76.4 Å². The minimum Gasteiger partial charge on any atom is -0.456 e. The van der Waals surface area contributed by atoms with E-state index in [9.17, 15) is 17.6 Å². The van der Waals surface area contributed by atoms with Crippen molar-refractivity contribution in [2.75, 3.05) is 4.72 Å². The minimum atomic E-state index is -3.78. The second kappa shape index (κ2) is 6.94. The first kappa shape index (κ1) is 17.9. The molecule has 0 fully saturated rings. The third-order valence-corrected chi connectivity index (χ3v) is 5.57. The monoisotopic (exact) mass is 395 g/mol. The van der Waals surface area contributed by atoms with E-state index in [4.69, 9.17) is 4.42 Å². The number of nitrogens with one attached hydrogen (secondary N) is 1.